The topological polar surface area (TPSA) is 47.6 Å². The van der Waals surface area contributed by atoms with Crippen LogP contribution in [0.3, 0.4) is 0 Å². The first kappa shape index (κ1) is 18.6. The summed E-state index contributed by atoms with van der Waals surface area (Å²) in [6, 6.07) is 9.70. The van der Waals surface area contributed by atoms with Crippen molar-refractivity contribution >= 4 is 11.6 Å². The average molecular weight is 353 g/mol. The van der Waals surface area contributed by atoms with Crippen LogP contribution >= 0.6 is 0 Å². The van der Waals surface area contributed by atoms with Crippen LogP contribution in [0.1, 0.15) is 17.5 Å². The number of benzene rings is 2. The summed E-state index contributed by atoms with van der Waals surface area (Å²) >= 11 is 0. The van der Waals surface area contributed by atoms with Gasteiger partial charge in [0.25, 0.3) is 0 Å². The molecule has 1 N–H and O–H groups in total. The van der Waals surface area contributed by atoms with Crippen molar-refractivity contribution < 1.29 is 27.4 Å². The van der Waals surface area contributed by atoms with Gasteiger partial charge in [-0.05, 0) is 48.4 Å². The minimum Gasteiger partial charge on any atom is -0.493 e. The summed E-state index contributed by atoms with van der Waals surface area (Å²) in [7, 11) is 3.06. The minimum absolute atomic E-state index is 0.191. The van der Waals surface area contributed by atoms with Crippen molar-refractivity contribution in [3.05, 3.63) is 53.6 Å². The fourth-order valence-electron chi connectivity index (χ4n) is 2.26. The summed E-state index contributed by atoms with van der Waals surface area (Å²) in [5.74, 6) is 0.887. The normalized spacial score (nSPS) is 11.1. The second-order valence-corrected chi connectivity index (χ2v) is 5.31. The number of hydrogen-bond donors (Lipinski definition) is 1. The fraction of sp³-hybridized carbons (Fsp3) is 0.278. The molecule has 0 radical (unpaired) electrons. The number of rotatable bonds is 6. The monoisotopic (exact) mass is 353 g/mol. The lowest BCUT2D eigenvalue weighted by atomic mass is 10.1. The van der Waals surface area contributed by atoms with Crippen LogP contribution < -0.4 is 14.8 Å². The number of carbonyl (C=O) groups excluding carboxylic acids is 1. The molecular weight excluding hydrogens is 335 g/mol. The zero-order valence-corrected chi connectivity index (χ0v) is 13.8. The predicted octanol–water partition coefficient (Wildman–Crippen LogP) is 4.29. The smallest absolute Gasteiger partial charge is 0.416 e. The molecule has 0 fully saturated rings. The summed E-state index contributed by atoms with van der Waals surface area (Å²) in [4.78, 5) is 12.0. The Kier molecular flexibility index (Phi) is 5.90. The third kappa shape index (κ3) is 5.14. The predicted molar refractivity (Wildman–Crippen MR) is 87.9 cm³/mol. The van der Waals surface area contributed by atoms with Crippen LogP contribution in [0.15, 0.2) is 42.5 Å². The third-order valence-corrected chi connectivity index (χ3v) is 3.58. The van der Waals surface area contributed by atoms with Gasteiger partial charge < -0.3 is 14.8 Å². The molecule has 0 unspecified atom stereocenters. The summed E-state index contributed by atoms with van der Waals surface area (Å²) < 4.78 is 47.8. The van der Waals surface area contributed by atoms with Gasteiger partial charge in [-0.15, -0.1) is 0 Å². The summed E-state index contributed by atoms with van der Waals surface area (Å²) in [6.07, 6.45) is -3.74. The Balaban J connectivity index is 1.92. The number of anilines is 1. The maximum absolute atomic E-state index is 12.5. The number of aryl methyl sites for hydroxylation is 1. The van der Waals surface area contributed by atoms with Crippen LogP contribution in [-0.2, 0) is 17.4 Å². The van der Waals surface area contributed by atoms with Crippen molar-refractivity contribution in [1.82, 2.24) is 0 Å². The molecule has 0 aliphatic heterocycles. The minimum atomic E-state index is -4.39. The standard InChI is InChI=1S/C18H18F3NO3/c1-24-15-9-3-12(11-16(15)25-2)4-10-17(23)22-14-7-5-13(6-8-14)18(19,20)21/h3,5-9,11H,4,10H2,1-2H3,(H,22,23). The van der Waals surface area contributed by atoms with E-state index in [0.29, 0.717) is 23.6 Å². The van der Waals surface area contributed by atoms with Crippen molar-refractivity contribution in [1.29, 1.82) is 0 Å². The Morgan fingerprint density at radius 3 is 2.20 bits per heavy atom. The van der Waals surface area contributed by atoms with Gasteiger partial charge in [0.1, 0.15) is 0 Å². The molecule has 0 aliphatic carbocycles. The quantitative estimate of drug-likeness (QED) is 0.843. The first-order chi connectivity index (χ1) is 11.8. The van der Waals surface area contributed by atoms with Gasteiger partial charge in [-0.1, -0.05) is 6.07 Å². The fourth-order valence-corrected chi connectivity index (χ4v) is 2.26. The van der Waals surface area contributed by atoms with Crippen LogP contribution in [0.2, 0.25) is 0 Å². The molecule has 4 nitrogen and oxygen atoms in total. The van der Waals surface area contributed by atoms with E-state index in [9.17, 15) is 18.0 Å². The van der Waals surface area contributed by atoms with E-state index in [1.807, 2.05) is 6.07 Å². The lowest BCUT2D eigenvalue weighted by Crippen LogP contribution is -2.13. The van der Waals surface area contributed by atoms with Crippen molar-refractivity contribution in [2.24, 2.45) is 0 Å². The molecule has 0 spiro atoms. The van der Waals surface area contributed by atoms with Gasteiger partial charge in [-0.3, -0.25) is 4.79 Å². The molecule has 0 saturated carbocycles. The summed E-state index contributed by atoms with van der Waals surface area (Å²) in [5, 5.41) is 2.58. The molecule has 2 aromatic rings. The molecule has 0 aromatic heterocycles. The highest BCUT2D eigenvalue weighted by molar-refractivity contribution is 5.90. The maximum atomic E-state index is 12.5. The van der Waals surface area contributed by atoms with Gasteiger partial charge in [0.15, 0.2) is 11.5 Å². The van der Waals surface area contributed by atoms with E-state index in [-0.39, 0.29) is 12.3 Å². The number of carbonyl (C=O) groups is 1. The van der Waals surface area contributed by atoms with E-state index in [1.54, 1.807) is 12.1 Å². The molecule has 7 heteroatoms. The van der Waals surface area contributed by atoms with Crippen LogP contribution in [0.25, 0.3) is 0 Å². The van der Waals surface area contributed by atoms with Gasteiger partial charge in [0, 0.05) is 12.1 Å². The summed E-state index contributed by atoms with van der Waals surface area (Å²) in [6.45, 7) is 0. The molecule has 134 valence electrons. The highest BCUT2D eigenvalue weighted by Gasteiger charge is 2.29. The molecule has 0 saturated heterocycles. The van der Waals surface area contributed by atoms with Crippen LogP contribution in [0.5, 0.6) is 11.5 Å². The van der Waals surface area contributed by atoms with Gasteiger partial charge in [-0.25, -0.2) is 0 Å². The Morgan fingerprint density at radius 1 is 1.00 bits per heavy atom. The first-order valence-electron chi connectivity index (χ1n) is 7.51. The Bertz CT molecular complexity index is 727. The average Bonchev–Trinajstić information content (AvgIpc) is 2.59. The van der Waals surface area contributed by atoms with Gasteiger partial charge in [0.05, 0.1) is 19.8 Å². The van der Waals surface area contributed by atoms with Crippen molar-refractivity contribution in [2.45, 2.75) is 19.0 Å². The number of hydrogen-bond acceptors (Lipinski definition) is 3. The Morgan fingerprint density at radius 2 is 1.64 bits per heavy atom. The van der Waals surface area contributed by atoms with E-state index < -0.39 is 11.7 Å². The Labute approximate surface area is 143 Å². The van der Waals surface area contributed by atoms with Crippen LogP contribution in [0.4, 0.5) is 18.9 Å². The number of methoxy groups -OCH3 is 2. The second kappa shape index (κ2) is 7.92. The highest BCUT2D eigenvalue weighted by atomic mass is 19.4. The van der Waals surface area contributed by atoms with E-state index >= 15 is 0 Å². The summed E-state index contributed by atoms with van der Waals surface area (Å²) in [5.41, 5.74) is 0.460. The molecule has 25 heavy (non-hydrogen) atoms. The molecule has 0 bridgehead atoms. The number of ether oxygens (including phenoxy) is 2. The lowest BCUT2D eigenvalue weighted by Gasteiger charge is -2.10. The van der Waals surface area contributed by atoms with Crippen molar-refractivity contribution in [3.8, 4) is 11.5 Å². The Hall–Kier alpha value is -2.70. The molecule has 1 amide bonds. The second-order valence-electron chi connectivity index (χ2n) is 5.31. The molecule has 2 rings (SSSR count). The van der Waals surface area contributed by atoms with E-state index in [0.717, 1.165) is 17.7 Å². The lowest BCUT2D eigenvalue weighted by molar-refractivity contribution is -0.137. The maximum Gasteiger partial charge on any atom is 0.416 e. The van der Waals surface area contributed by atoms with Gasteiger partial charge >= 0.3 is 6.18 Å². The van der Waals surface area contributed by atoms with Crippen molar-refractivity contribution in [3.63, 3.8) is 0 Å². The van der Waals surface area contributed by atoms with Crippen LogP contribution in [0, 0.1) is 0 Å². The third-order valence-electron chi connectivity index (χ3n) is 3.58. The SMILES string of the molecule is COc1ccc(CCC(=O)Nc2ccc(C(F)(F)F)cc2)cc1OC. The first-order valence-corrected chi connectivity index (χ1v) is 7.51. The van der Waals surface area contributed by atoms with Crippen LogP contribution in [-0.4, -0.2) is 20.1 Å². The molecule has 2 aromatic carbocycles. The van der Waals surface area contributed by atoms with E-state index in [1.165, 1.54) is 26.4 Å². The molecule has 0 heterocycles. The molecule has 0 aliphatic rings. The number of alkyl halides is 3. The van der Waals surface area contributed by atoms with E-state index in [2.05, 4.69) is 5.32 Å². The molecule has 0 atom stereocenters. The number of halogens is 3. The van der Waals surface area contributed by atoms with Gasteiger partial charge in [0.2, 0.25) is 5.91 Å². The van der Waals surface area contributed by atoms with E-state index in [4.69, 9.17) is 9.47 Å². The molecular formula is C18H18F3NO3. The number of amides is 1. The largest absolute Gasteiger partial charge is 0.493 e. The zero-order valence-electron chi connectivity index (χ0n) is 13.8. The number of nitrogens with one attached hydrogen (secondary N) is 1. The van der Waals surface area contributed by atoms with Crippen molar-refractivity contribution in [2.75, 3.05) is 19.5 Å². The zero-order chi connectivity index (χ0) is 18.4. The van der Waals surface area contributed by atoms with Gasteiger partial charge in [-0.2, -0.15) is 13.2 Å². The highest BCUT2D eigenvalue weighted by Crippen LogP contribution is 2.30.